The molecule has 3 rings (SSSR count). The minimum atomic E-state index is 0.359. The Balaban J connectivity index is 1.90. The molecule has 1 heteroatoms. The molecule has 0 spiro atoms. The Bertz CT molecular complexity index is 166. The van der Waals surface area contributed by atoms with Crippen molar-refractivity contribution in [2.45, 2.75) is 37.9 Å². The SMILES string of the molecule is C[C@@]12CC[C@H]3C[C@H]3[C@@H]1O2. The molecule has 0 bridgehead atoms. The van der Waals surface area contributed by atoms with Gasteiger partial charge in [0.05, 0.1) is 11.7 Å². The number of rotatable bonds is 0. The third-order valence-corrected chi connectivity index (χ3v) is 3.32. The van der Waals surface area contributed by atoms with Crippen LogP contribution in [0.3, 0.4) is 0 Å². The van der Waals surface area contributed by atoms with Crippen molar-refractivity contribution in [1.29, 1.82) is 0 Å². The number of ether oxygens (including phenoxy) is 1. The van der Waals surface area contributed by atoms with Gasteiger partial charge in [0, 0.05) is 0 Å². The molecule has 3 aliphatic rings. The van der Waals surface area contributed by atoms with Crippen LogP contribution in [0.4, 0.5) is 0 Å². The largest absolute Gasteiger partial charge is 0.366 e. The summed E-state index contributed by atoms with van der Waals surface area (Å²) in [5.41, 5.74) is 0.359. The van der Waals surface area contributed by atoms with Gasteiger partial charge in [-0.15, -0.1) is 0 Å². The van der Waals surface area contributed by atoms with Crippen molar-refractivity contribution >= 4 is 0 Å². The second-order valence-corrected chi connectivity index (χ2v) is 4.05. The van der Waals surface area contributed by atoms with Gasteiger partial charge in [0.15, 0.2) is 0 Å². The Labute approximate surface area is 55.4 Å². The lowest BCUT2D eigenvalue weighted by atomic mass is 9.91. The maximum atomic E-state index is 5.62. The number of fused-ring (bicyclic) bond motifs is 3. The smallest absolute Gasteiger partial charge is 0.0923 e. The quantitative estimate of drug-likeness (QED) is 0.446. The highest BCUT2D eigenvalue weighted by Crippen LogP contribution is 2.62. The molecule has 4 atom stereocenters. The fraction of sp³-hybridized carbons (Fsp3) is 1.00. The zero-order valence-corrected chi connectivity index (χ0v) is 5.76. The second-order valence-electron chi connectivity index (χ2n) is 4.05. The average molecular weight is 124 g/mol. The molecule has 2 saturated carbocycles. The second kappa shape index (κ2) is 1.07. The van der Waals surface area contributed by atoms with Gasteiger partial charge >= 0.3 is 0 Å². The van der Waals surface area contributed by atoms with Crippen LogP contribution in [0.5, 0.6) is 0 Å². The van der Waals surface area contributed by atoms with Gasteiger partial charge in [0.25, 0.3) is 0 Å². The van der Waals surface area contributed by atoms with Crippen molar-refractivity contribution in [3.63, 3.8) is 0 Å². The van der Waals surface area contributed by atoms with Crippen molar-refractivity contribution < 1.29 is 4.74 Å². The summed E-state index contributed by atoms with van der Waals surface area (Å²) in [6, 6.07) is 0. The molecular weight excluding hydrogens is 112 g/mol. The van der Waals surface area contributed by atoms with E-state index in [1.165, 1.54) is 19.3 Å². The van der Waals surface area contributed by atoms with E-state index in [9.17, 15) is 0 Å². The van der Waals surface area contributed by atoms with Crippen LogP contribution in [0.15, 0.2) is 0 Å². The van der Waals surface area contributed by atoms with Gasteiger partial charge in [-0.1, -0.05) is 0 Å². The predicted molar refractivity (Wildman–Crippen MR) is 34.1 cm³/mol. The monoisotopic (exact) mass is 124 g/mol. The average Bonchev–Trinajstić information content (AvgIpc) is 2.52. The first-order chi connectivity index (χ1) is 4.30. The third kappa shape index (κ3) is 0.454. The lowest BCUT2D eigenvalue weighted by Gasteiger charge is -2.09. The Morgan fingerprint density at radius 2 is 2.44 bits per heavy atom. The minimum absolute atomic E-state index is 0.359. The van der Waals surface area contributed by atoms with E-state index < -0.39 is 0 Å². The Morgan fingerprint density at radius 3 is 3.22 bits per heavy atom. The molecular formula is C8H12O. The lowest BCUT2D eigenvalue weighted by molar-refractivity contribution is 0.298. The molecule has 0 unspecified atom stereocenters. The van der Waals surface area contributed by atoms with Crippen LogP contribution in [-0.2, 0) is 4.74 Å². The Kier molecular flexibility index (Phi) is 0.563. The van der Waals surface area contributed by atoms with E-state index in [0.29, 0.717) is 11.7 Å². The molecule has 50 valence electrons. The molecule has 0 amide bonds. The molecule has 3 fully saturated rings. The van der Waals surface area contributed by atoms with Crippen LogP contribution >= 0.6 is 0 Å². The normalized spacial score (nSPS) is 68.3. The van der Waals surface area contributed by atoms with Crippen LogP contribution < -0.4 is 0 Å². The lowest BCUT2D eigenvalue weighted by Crippen LogP contribution is -2.16. The van der Waals surface area contributed by atoms with E-state index >= 15 is 0 Å². The molecule has 0 radical (unpaired) electrons. The van der Waals surface area contributed by atoms with Crippen molar-refractivity contribution in [3.8, 4) is 0 Å². The highest BCUT2D eigenvalue weighted by Gasteiger charge is 2.65. The van der Waals surface area contributed by atoms with E-state index in [0.717, 1.165) is 11.8 Å². The summed E-state index contributed by atoms with van der Waals surface area (Å²) >= 11 is 0. The molecule has 0 aromatic carbocycles. The van der Waals surface area contributed by atoms with E-state index in [4.69, 9.17) is 4.74 Å². The van der Waals surface area contributed by atoms with Gasteiger partial charge in [0.2, 0.25) is 0 Å². The summed E-state index contributed by atoms with van der Waals surface area (Å²) in [5.74, 6) is 2.06. The van der Waals surface area contributed by atoms with Gasteiger partial charge in [0.1, 0.15) is 0 Å². The summed E-state index contributed by atoms with van der Waals surface area (Å²) in [6.07, 6.45) is 4.94. The van der Waals surface area contributed by atoms with Crippen LogP contribution in [0.1, 0.15) is 26.2 Å². The highest BCUT2D eigenvalue weighted by molar-refractivity contribution is 5.14. The van der Waals surface area contributed by atoms with Gasteiger partial charge in [-0.05, 0) is 38.0 Å². The topological polar surface area (TPSA) is 12.5 Å². The van der Waals surface area contributed by atoms with Crippen LogP contribution in [0, 0.1) is 11.8 Å². The molecule has 0 aromatic heterocycles. The summed E-state index contributed by atoms with van der Waals surface area (Å²) < 4.78 is 5.62. The molecule has 0 N–H and O–H groups in total. The van der Waals surface area contributed by atoms with E-state index in [-0.39, 0.29) is 0 Å². The molecule has 1 saturated heterocycles. The van der Waals surface area contributed by atoms with E-state index in [2.05, 4.69) is 6.92 Å². The molecule has 0 aromatic rings. The summed E-state index contributed by atoms with van der Waals surface area (Å²) in [5, 5.41) is 0. The van der Waals surface area contributed by atoms with Crippen molar-refractivity contribution in [2.75, 3.05) is 0 Å². The Hall–Kier alpha value is -0.0400. The molecule has 1 heterocycles. The highest BCUT2D eigenvalue weighted by atomic mass is 16.6. The fourth-order valence-electron chi connectivity index (χ4n) is 2.44. The van der Waals surface area contributed by atoms with Gasteiger partial charge in [-0.3, -0.25) is 0 Å². The molecule has 1 nitrogen and oxygen atoms in total. The van der Waals surface area contributed by atoms with Gasteiger partial charge < -0.3 is 4.74 Å². The maximum absolute atomic E-state index is 5.62. The van der Waals surface area contributed by atoms with Gasteiger partial charge in [-0.25, -0.2) is 0 Å². The summed E-state index contributed by atoms with van der Waals surface area (Å²) in [4.78, 5) is 0. The van der Waals surface area contributed by atoms with Crippen molar-refractivity contribution in [3.05, 3.63) is 0 Å². The third-order valence-electron chi connectivity index (χ3n) is 3.32. The minimum Gasteiger partial charge on any atom is -0.366 e. The first-order valence-corrected chi connectivity index (χ1v) is 3.97. The molecule has 2 aliphatic carbocycles. The van der Waals surface area contributed by atoms with Crippen molar-refractivity contribution in [2.24, 2.45) is 11.8 Å². The number of epoxide rings is 1. The summed E-state index contributed by atoms with van der Waals surface area (Å²) in [6.45, 7) is 2.27. The standard InChI is InChI=1S/C8H12O/c1-8-3-2-5-4-6(5)7(8)9-8/h5-7H,2-4H2,1H3/t5-,6+,7-,8+/m0/s1. The zero-order valence-electron chi connectivity index (χ0n) is 5.76. The Morgan fingerprint density at radius 1 is 1.56 bits per heavy atom. The maximum Gasteiger partial charge on any atom is 0.0923 e. The predicted octanol–water partition coefficient (Wildman–Crippen LogP) is 1.57. The zero-order chi connectivity index (χ0) is 6.06. The van der Waals surface area contributed by atoms with E-state index in [1.54, 1.807) is 0 Å². The number of hydrogen-bond acceptors (Lipinski definition) is 1. The van der Waals surface area contributed by atoms with Gasteiger partial charge in [-0.2, -0.15) is 0 Å². The van der Waals surface area contributed by atoms with Crippen LogP contribution in [-0.4, -0.2) is 11.7 Å². The first-order valence-electron chi connectivity index (χ1n) is 3.97. The molecule has 1 aliphatic heterocycles. The van der Waals surface area contributed by atoms with Crippen molar-refractivity contribution in [1.82, 2.24) is 0 Å². The van der Waals surface area contributed by atoms with Crippen LogP contribution in [0.25, 0.3) is 0 Å². The van der Waals surface area contributed by atoms with Crippen LogP contribution in [0.2, 0.25) is 0 Å². The fourth-order valence-corrected chi connectivity index (χ4v) is 2.44. The summed E-state index contributed by atoms with van der Waals surface area (Å²) in [7, 11) is 0. The molecule has 9 heavy (non-hydrogen) atoms. The van der Waals surface area contributed by atoms with E-state index in [1.807, 2.05) is 0 Å². The first kappa shape index (κ1) is 4.73. The number of hydrogen-bond donors (Lipinski definition) is 0.